The van der Waals surface area contributed by atoms with E-state index in [4.69, 9.17) is 9.15 Å². The molecule has 0 aliphatic carbocycles. The van der Waals surface area contributed by atoms with Crippen molar-refractivity contribution in [3.05, 3.63) is 47.5 Å². The summed E-state index contributed by atoms with van der Waals surface area (Å²) in [6, 6.07) is 8.49. The number of hydrogen-bond acceptors (Lipinski definition) is 3. The summed E-state index contributed by atoms with van der Waals surface area (Å²) in [5.74, 6) is -1.79. The molecule has 3 rings (SSSR count). The summed E-state index contributed by atoms with van der Waals surface area (Å²) in [6.07, 6.45) is 0. The molecule has 22 heavy (non-hydrogen) atoms. The number of oxazole rings is 1. The smallest absolute Gasteiger partial charge is 0.230 e. The van der Waals surface area contributed by atoms with Gasteiger partial charge in [-0.2, -0.15) is 0 Å². The van der Waals surface area contributed by atoms with Crippen molar-refractivity contribution in [1.29, 1.82) is 0 Å². The number of benzene rings is 2. The Bertz CT molecular complexity index is 807. The summed E-state index contributed by atoms with van der Waals surface area (Å²) < 4.78 is 39.5. The van der Waals surface area contributed by atoms with Gasteiger partial charge in [0.15, 0.2) is 17.2 Å². The average molecular weight is 303 g/mol. The second-order valence-electron chi connectivity index (χ2n) is 5.31. The van der Waals surface area contributed by atoms with Crippen LogP contribution in [-0.2, 0) is 0 Å². The molecular weight excluding hydrogens is 288 g/mol. The number of nitrogens with zero attached hydrogens (tertiary/aromatic N) is 1. The quantitative estimate of drug-likeness (QED) is 0.690. The predicted octanol–water partition coefficient (Wildman–Crippen LogP) is 4.91. The van der Waals surface area contributed by atoms with E-state index in [0.29, 0.717) is 11.1 Å². The van der Waals surface area contributed by atoms with Gasteiger partial charge in [-0.3, -0.25) is 0 Å². The highest BCUT2D eigenvalue weighted by atomic mass is 19.2. The predicted molar refractivity (Wildman–Crippen MR) is 80.0 cm³/mol. The Morgan fingerprint density at radius 1 is 1.14 bits per heavy atom. The van der Waals surface area contributed by atoms with Crippen LogP contribution in [0.4, 0.5) is 8.78 Å². The molecule has 1 aromatic heterocycles. The molecule has 2 aromatic carbocycles. The summed E-state index contributed by atoms with van der Waals surface area (Å²) in [7, 11) is 1.43. The summed E-state index contributed by atoms with van der Waals surface area (Å²) in [5.41, 5.74) is 1.27. The van der Waals surface area contributed by atoms with Crippen LogP contribution >= 0.6 is 0 Å². The molecule has 0 aliphatic rings. The zero-order chi connectivity index (χ0) is 15.9. The molecule has 0 fully saturated rings. The number of methoxy groups -OCH3 is 1. The van der Waals surface area contributed by atoms with Gasteiger partial charge in [-0.25, -0.2) is 13.8 Å². The van der Waals surface area contributed by atoms with E-state index in [1.54, 1.807) is 38.1 Å². The fourth-order valence-electron chi connectivity index (χ4n) is 2.47. The number of hydrogen-bond donors (Lipinski definition) is 0. The lowest BCUT2D eigenvalue weighted by atomic mass is 9.98. The molecule has 0 saturated heterocycles. The molecule has 0 saturated carbocycles. The van der Waals surface area contributed by atoms with Gasteiger partial charge in [0.05, 0.1) is 12.7 Å². The summed E-state index contributed by atoms with van der Waals surface area (Å²) in [6.45, 7) is 3.55. The van der Waals surface area contributed by atoms with Crippen molar-refractivity contribution in [3.8, 4) is 17.2 Å². The third-order valence-corrected chi connectivity index (χ3v) is 3.53. The SMILES string of the molecule is COc1cc(-c2nc3ccccc3o2)c(F)c(F)c1C(C)C. The van der Waals surface area contributed by atoms with Gasteiger partial charge in [-0.1, -0.05) is 26.0 Å². The highest BCUT2D eigenvalue weighted by Gasteiger charge is 2.24. The van der Waals surface area contributed by atoms with Gasteiger partial charge >= 0.3 is 0 Å². The first-order valence-corrected chi connectivity index (χ1v) is 6.94. The van der Waals surface area contributed by atoms with Crippen LogP contribution in [0.5, 0.6) is 5.75 Å². The van der Waals surface area contributed by atoms with E-state index in [1.165, 1.54) is 13.2 Å². The van der Waals surface area contributed by atoms with E-state index in [1.807, 2.05) is 0 Å². The maximum Gasteiger partial charge on any atom is 0.230 e. The number of para-hydroxylation sites is 2. The molecule has 0 unspecified atom stereocenters. The maximum absolute atomic E-state index is 14.4. The minimum atomic E-state index is -0.976. The first-order valence-electron chi connectivity index (χ1n) is 6.94. The van der Waals surface area contributed by atoms with Crippen molar-refractivity contribution < 1.29 is 17.9 Å². The molecule has 114 valence electrons. The van der Waals surface area contributed by atoms with Crippen LogP contribution in [0.15, 0.2) is 34.7 Å². The Morgan fingerprint density at radius 3 is 2.50 bits per heavy atom. The number of aromatic nitrogens is 1. The highest BCUT2D eigenvalue weighted by molar-refractivity contribution is 5.76. The number of fused-ring (bicyclic) bond motifs is 1. The van der Waals surface area contributed by atoms with Gasteiger partial charge in [0, 0.05) is 5.56 Å². The standard InChI is InChI=1S/C17H15F2NO2/c1-9(2)14-13(21-3)8-10(15(18)16(14)19)17-20-11-6-4-5-7-12(11)22-17/h4-9H,1-3H3. The van der Waals surface area contributed by atoms with Crippen molar-refractivity contribution in [2.45, 2.75) is 19.8 Å². The van der Waals surface area contributed by atoms with E-state index in [-0.39, 0.29) is 28.7 Å². The molecule has 0 bridgehead atoms. The van der Waals surface area contributed by atoms with Gasteiger partial charge < -0.3 is 9.15 Å². The molecule has 0 aliphatic heterocycles. The summed E-state index contributed by atoms with van der Waals surface area (Å²) >= 11 is 0. The van der Waals surface area contributed by atoms with E-state index in [9.17, 15) is 8.78 Å². The molecule has 0 radical (unpaired) electrons. The molecule has 0 spiro atoms. The third kappa shape index (κ3) is 2.22. The second kappa shape index (κ2) is 5.40. The lowest BCUT2D eigenvalue weighted by Crippen LogP contribution is -2.03. The number of halogens is 2. The van der Waals surface area contributed by atoms with Gasteiger partial charge in [-0.15, -0.1) is 0 Å². The Labute approximate surface area is 126 Å². The van der Waals surface area contributed by atoms with Crippen LogP contribution in [0.25, 0.3) is 22.6 Å². The lowest BCUT2D eigenvalue weighted by molar-refractivity contribution is 0.394. The molecule has 0 atom stereocenters. The van der Waals surface area contributed by atoms with E-state index < -0.39 is 11.6 Å². The van der Waals surface area contributed by atoms with Gasteiger partial charge in [-0.05, 0) is 24.1 Å². The molecule has 3 nitrogen and oxygen atoms in total. The zero-order valence-electron chi connectivity index (χ0n) is 12.5. The van der Waals surface area contributed by atoms with Crippen molar-refractivity contribution in [1.82, 2.24) is 4.98 Å². The minimum absolute atomic E-state index is 0.0335. The molecule has 1 heterocycles. The molecule has 5 heteroatoms. The zero-order valence-corrected chi connectivity index (χ0v) is 12.5. The van der Waals surface area contributed by atoms with E-state index >= 15 is 0 Å². The van der Waals surface area contributed by atoms with Gasteiger partial charge in [0.2, 0.25) is 5.89 Å². The van der Waals surface area contributed by atoms with Crippen LogP contribution in [-0.4, -0.2) is 12.1 Å². The Morgan fingerprint density at radius 2 is 1.86 bits per heavy atom. The van der Waals surface area contributed by atoms with Crippen molar-refractivity contribution in [2.75, 3.05) is 7.11 Å². The fraction of sp³-hybridized carbons (Fsp3) is 0.235. The minimum Gasteiger partial charge on any atom is -0.496 e. The van der Waals surface area contributed by atoms with Crippen LogP contribution in [0, 0.1) is 11.6 Å². The molecule has 0 N–H and O–H groups in total. The fourth-order valence-corrected chi connectivity index (χ4v) is 2.47. The first kappa shape index (κ1) is 14.5. The topological polar surface area (TPSA) is 35.3 Å². The number of ether oxygens (including phenoxy) is 1. The Kier molecular flexibility index (Phi) is 3.56. The normalized spacial score (nSPS) is 11.4. The lowest BCUT2D eigenvalue weighted by Gasteiger charge is -2.14. The molecule has 0 amide bonds. The second-order valence-corrected chi connectivity index (χ2v) is 5.31. The van der Waals surface area contributed by atoms with Crippen LogP contribution in [0.2, 0.25) is 0 Å². The third-order valence-electron chi connectivity index (χ3n) is 3.53. The maximum atomic E-state index is 14.4. The molecular formula is C17H15F2NO2. The monoisotopic (exact) mass is 303 g/mol. The van der Waals surface area contributed by atoms with Gasteiger partial charge in [0.1, 0.15) is 11.3 Å². The van der Waals surface area contributed by atoms with E-state index in [2.05, 4.69) is 4.98 Å². The summed E-state index contributed by atoms with van der Waals surface area (Å²) in [4.78, 5) is 4.21. The van der Waals surface area contributed by atoms with Crippen LogP contribution in [0.1, 0.15) is 25.3 Å². The molecule has 3 aromatic rings. The van der Waals surface area contributed by atoms with Crippen LogP contribution < -0.4 is 4.74 Å². The highest BCUT2D eigenvalue weighted by Crippen LogP contribution is 2.37. The Balaban J connectivity index is 2.24. The first-order chi connectivity index (χ1) is 10.5. The van der Waals surface area contributed by atoms with Crippen molar-refractivity contribution >= 4 is 11.1 Å². The average Bonchev–Trinajstić information content (AvgIpc) is 2.92. The van der Waals surface area contributed by atoms with Gasteiger partial charge in [0.25, 0.3) is 0 Å². The van der Waals surface area contributed by atoms with Crippen molar-refractivity contribution in [2.24, 2.45) is 0 Å². The van der Waals surface area contributed by atoms with Crippen molar-refractivity contribution in [3.63, 3.8) is 0 Å². The summed E-state index contributed by atoms with van der Waals surface area (Å²) in [5, 5.41) is 0. The van der Waals surface area contributed by atoms with Crippen LogP contribution in [0.3, 0.4) is 0 Å². The van der Waals surface area contributed by atoms with E-state index in [0.717, 1.165) is 0 Å². The Hall–Kier alpha value is -2.43. The largest absolute Gasteiger partial charge is 0.496 e. The number of rotatable bonds is 3.